The monoisotopic (exact) mass is 326 g/mol. The first kappa shape index (κ1) is 17.9. The van der Waals surface area contributed by atoms with Gasteiger partial charge in [0.25, 0.3) is 0 Å². The maximum atomic E-state index is 12.8. The first-order valence-corrected chi connectivity index (χ1v) is 8.34. The number of para-hydroxylation sites is 2. The number of carbonyl (C=O) groups excluding carboxylic acids is 1. The lowest BCUT2D eigenvalue weighted by molar-refractivity contribution is 0.193. The second-order valence-corrected chi connectivity index (χ2v) is 6.30. The normalized spacial score (nSPS) is 10.8. The Labute approximate surface area is 144 Å². The number of carbonyl (C=O) groups is 1. The Morgan fingerprint density at radius 3 is 2.25 bits per heavy atom. The van der Waals surface area contributed by atoms with Gasteiger partial charge in [0, 0.05) is 12.6 Å². The molecule has 0 aliphatic rings. The second-order valence-electron chi connectivity index (χ2n) is 6.30. The maximum absolute atomic E-state index is 12.8. The van der Waals surface area contributed by atoms with E-state index in [4.69, 9.17) is 4.74 Å². The molecule has 2 rings (SSSR count). The molecule has 4 heteroatoms. The van der Waals surface area contributed by atoms with Crippen molar-refractivity contribution in [2.24, 2.45) is 0 Å². The van der Waals surface area contributed by atoms with E-state index in [-0.39, 0.29) is 18.2 Å². The molecule has 0 radical (unpaired) electrons. The average Bonchev–Trinajstić information content (AvgIpc) is 2.54. The minimum Gasteiger partial charge on any atom is -0.489 e. The van der Waals surface area contributed by atoms with E-state index in [9.17, 15) is 4.79 Å². The molecule has 0 fully saturated rings. The highest BCUT2D eigenvalue weighted by Crippen LogP contribution is 2.25. The van der Waals surface area contributed by atoms with E-state index in [0.29, 0.717) is 18.0 Å². The average molecular weight is 326 g/mol. The summed E-state index contributed by atoms with van der Waals surface area (Å²) in [5.41, 5.74) is 1.79. The van der Waals surface area contributed by atoms with E-state index < -0.39 is 0 Å². The van der Waals surface area contributed by atoms with Gasteiger partial charge in [-0.2, -0.15) is 0 Å². The lowest BCUT2D eigenvalue weighted by atomic mass is 10.2. The topological polar surface area (TPSA) is 41.6 Å². The second kappa shape index (κ2) is 8.39. The van der Waals surface area contributed by atoms with Crippen LogP contribution in [0.2, 0.25) is 0 Å². The minimum atomic E-state index is -0.131. The summed E-state index contributed by atoms with van der Waals surface area (Å²) in [6.45, 7) is 8.53. The van der Waals surface area contributed by atoms with Crippen molar-refractivity contribution >= 4 is 11.7 Å². The van der Waals surface area contributed by atoms with E-state index >= 15 is 0 Å². The number of anilines is 1. The van der Waals surface area contributed by atoms with Crippen LogP contribution in [0.15, 0.2) is 54.6 Å². The first-order chi connectivity index (χ1) is 11.5. The minimum absolute atomic E-state index is 0.0496. The Balaban J connectivity index is 2.14. The summed E-state index contributed by atoms with van der Waals surface area (Å²) < 4.78 is 5.77. The molecule has 2 amide bonds. The van der Waals surface area contributed by atoms with Crippen molar-refractivity contribution in [1.82, 2.24) is 4.90 Å². The molecule has 0 aromatic heterocycles. The van der Waals surface area contributed by atoms with E-state index in [1.165, 1.54) is 0 Å². The quantitative estimate of drug-likeness (QED) is 0.819. The molecule has 0 saturated carbocycles. The molecule has 2 aromatic carbocycles. The molecule has 0 aliphatic carbocycles. The number of nitrogens with zero attached hydrogens (tertiary/aromatic N) is 1. The van der Waals surface area contributed by atoms with Gasteiger partial charge in [-0.05, 0) is 45.4 Å². The number of hydrogen-bond acceptors (Lipinski definition) is 2. The summed E-state index contributed by atoms with van der Waals surface area (Å²) in [7, 11) is 0. The summed E-state index contributed by atoms with van der Waals surface area (Å²) >= 11 is 0. The SMILES string of the molecule is CC(C)Oc1ccccc1NC(=O)N(Cc1ccccc1)C(C)C. The molecule has 128 valence electrons. The number of hydrogen-bond donors (Lipinski definition) is 1. The van der Waals surface area contributed by atoms with Gasteiger partial charge >= 0.3 is 6.03 Å². The molecule has 0 unspecified atom stereocenters. The van der Waals surface area contributed by atoms with Gasteiger partial charge in [-0.1, -0.05) is 42.5 Å². The summed E-state index contributed by atoms with van der Waals surface area (Å²) in [5.74, 6) is 0.685. The fourth-order valence-electron chi connectivity index (χ4n) is 2.38. The highest BCUT2D eigenvalue weighted by Gasteiger charge is 2.19. The van der Waals surface area contributed by atoms with Gasteiger partial charge < -0.3 is 15.0 Å². The van der Waals surface area contributed by atoms with Gasteiger partial charge in [0.05, 0.1) is 11.8 Å². The lowest BCUT2D eigenvalue weighted by Crippen LogP contribution is -2.39. The van der Waals surface area contributed by atoms with E-state index in [0.717, 1.165) is 5.56 Å². The van der Waals surface area contributed by atoms with Crippen molar-refractivity contribution in [1.29, 1.82) is 0 Å². The predicted molar refractivity (Wildman–Crippen MR) is 98.3 cm³/mol. The van der Waals surface area contributed by atoms with Crippen LogP contribution < -0.4 is 10.1 Å². The highest BCUT2D eigenvalue weighted by atomic mass is 16.5. The van der Waals surface area contributed by atoms with Gasteiger partial charge in [-0.15, -0.1) is 0 Å². The molecular formula is C20H26N2O2. The molecule has 0 bridgehead atoms. The van der Waals surface area contributed by atoms with Crippen LogP contribution in [-0.2, 0) is 6.54 Å². The number of nitrogens with one attached hydrogen (secondary N) is 1. The van der Waals surface area contributed by atoms with Crippen molar-refractivity contribution in [2.45, 2.75) is 46.4 Å². The predicted octanol–water partition coefficient (Wildman–Crippen LogP) is 4.92. The number of urea groups is 1. The van der Waals surface area contributed by atoms with Gasteiger partial charge in [0.2, 0.25) is 0 Å². The number of ether oxygens (including phenoxy) is 1. The van der Waals surface area contributed by atoms with E-state index in [1.54, 1.807) is 0 Å². The third kappa shape index (κ3) is 5.01. The van der Waals surface area contributed by atoms with Crippen molar-refractivity contribution in [3.8, 4) is 5.75 Å². The third-order valence-corrected chi connectivity index (χ3v) is 3.57. The summed E-state index contributed by atoms with van der Waals surface area (Å²) in [6.07, 6.45) is 0.0496. The molecule has 2 aromatic rings. The van der Waals surface area contributed by atoms with Crippen LogP contribution in [0.5, 0.6) is 5.75 Å². The smallest absolute Gasteiger partial charge is 0.322 e. The van der Waals surface area contributed by atoms with Gasteiger partial charge in [0.15, 0.2) is 0 Å². The van der Waals surface area contributed by atoms with Crippen LogP contribution in [0.1, 0.15) is 33.3 Å². The van der Waals surface area contributed by atoms with Crippen LogP contribution in [0.3, 0.4) is 0 Å². The zero-order valence-electron chi connectivity index (χ0n) is 14.8. The molecule has 0 saturated heterocycles. The third-order valence-electron chi connectivity index (χ3n) is 3.57. The number of benzene rings is 2. The molecule has 1 N–H and O–H groups in total. The fourth-order valence-corrected chi connectivity index (χ4v) is 2.38. The molecule has 0 spiro atoms. The molecule has 0 heterocycles. The Hall–Kier alpha value is -2.49. The van der Waals surface area contributed by atoms with Gasteiger partial charge in [-0.3, -0.25) is 0 Å². The van der Waals surface area contributed by atoms with Crippen LogP contribution in [-0.4, -0.2) is 23.1 Å². The fraction of sp³-hybridized carbons (Fsp3) is 0.350. The van der Waals surface area contributed by atoms with E-state index in [2.05, 4.69) is 5.32 Å². The molecule has 0 atom stereocenters. The largest absolute Gasteiger partial charge is 0.489 e. The Bertz CT molecular complexity index is 654. The van der Waals surface area contributed by atoms with Gasteiger partial charge in [0.1, 0.15) is 5.75 Å². The van der Waals surface area contributed by atoms with Crippen LogP contribution in [0.4, 0.5) is 10.5 Å². The molecule has 24 heavy (non-hydrogen) atoms. The Morgan fingerprint density at radius 2 is 1.62 bits per heavy atom. The van der Waals surface area contributed by atoms with Crippen molar-refractivity contribution < 1.29 is 9.53 Å². The zero-order valence-corrected chi connectivity index (χ0v) is 14.8. The van der Waals surface area contributed by atoms with Gasteiger partial charge in [-0.25, -0.2) is 4.79 Å². The lowest BCUT2D eigenvalue weighted by Gasteiger charge is -2.27. The summed E-state index contributed by atoms with van der Waals surface area (Å²) in [5, 5.41) is 2.98. The van der Waals surface area contributed by atoms with Crippen molar-refractivity contribution in [3.63, 3.8) is 0 Å². The maximum Gasteiger partial charge on any atom is 0.322 e. The zero-order chi connectivity index (χ0) is 17.5. The van der Waals surface area contributed by atoms with E-state index in [1.807, 2.05) is 87.2 Å². The molecule has 4 nitrogen and oxygen atoms in total. The van der Waals surface area contributed by atoms with Crippen LogP contribution in [0, 0.1) is 0 Å². The highest BCUT2D eigenvalue weighted by molar-refractivity contribution is 5.91. The van der Waals surface area contributed by atoms with Crippen LogP contribution >= 0.6 is 0 Å². The first-order valence-electron chi connectivity index (χ1n) is 8.34. The molecular weight excluding hydrogens is 300 g/mol. The standard InChI is InChI=1S/C20H26N2O2/c1-15(2)22(14-17-10-6-5-7-11-17)20(23)21-18-12-8-9-13-19(18)24-16(3)4/h5-13,15-16H,14H2,1-4H3,(H,21,23). The number of amides is 2. The van der Waals surface area contributed by atoms with Crippen LogP contribution in [0.25, 0.3) is 0 Å². The summed E-state index contributed by atoms with van der Waals surface area (Å²) in [6, 6.07) is 17.5. The summed E-state index contributed by atoms with van der Waals surface area (Å²) in [4.78, 5) is 14.6. The van der Waals surface area contributed by atoms with Crippen molar-refractivity contribution in [2.75, 3.05) is 5.32 Å². The Kier molecular flexibility index (Phi) is 6.24. The van der Waals surface area contributed by atoms with Crippen molar-refractivity contribution in [3.05, 3.63) is 60.2 Å². The molecule has 0 aliphatic heterocycles. The Morgan fingerprint density at radius 1 is 1.00 bits per heavy atom. The number of rotatable bonds is 6.